The summed E-state index contributed by atoms with van der Waals surface area (Å²) >= 11 is 0. The lowest BCUT2D eigenvalue weighted by atomic mass is 9.98. The Balaban J connectivity index is 2.06. The van der Waals surface area contributed by atoms with Gasteiger partial charge in [-0.3, -0.25) is 0 Å². The van der Waals surface area contributed by atoms with Crippen LogP contribution in [0.3, 0.4) is 0 Å². The van der Waals surface area contributed by atoms with Crippen LogP contribution in [0.15, 0.2) is 10.2 Å². The molecule has 0 spiro atoms. The van der Waals surface area contributed by atoms with Gasteiger partial charge < -0.3 is 18.9 Å². The van der Waals surface area contributed by atoms with Gasteiger partial charge in [-0.2, -0.15) is 10.2 Å². The molecule has 2 aliphatic rings. The van der Waals surface area contributed by atoms with E-state index in [-0.39, 0.29) is 11.1 Å². The molecule has 0 bridgehead atoms. The quantitative estimate of drug-likeness (QED) is 0.721. The van der Waals surface area contributed by atoms with Crippen LogP contribution in [-0.2, 0) is 18.9 Å². The van der Waals surface area contributed by atoms with Crippen molar-refractivity contribution in [3.63, 3.8) is 0 Å². The van der Waals surface area contributed by atoms with E-state index in [9.17, 15) is 0 Å². The number of azo groups is 1. The first-order chi connectivity index (χ1) is 8.74. The molecule has 0 atom stereocenters. The fraction of sp³-hybridized carbons (Fsp3) is 1.00. The van der Waals surface area contributed by atoms with Gasteiger partial charge in [0.2, 0.25) is 0 Å². The van der Waals surface area contributed by atoms with Gasteiger partial charge in [0.15, 0.2) is 0 Å². The molecule has 2 aliphatic heterocycles. The Kier molecular flexibility index (Phi) is 4.66. The third-order valence-electron chi connectivity index (χ3n) is 3.61. The lowest BCUT2D eigenvalue weighted by molar-refractivity contribution is -0.145. The van der Waals surface area contributed by atoms with Crippen molar-refractivity contribution in [3.05, 3.63) is 0 Å². The van der Waals surface area contributed by atoms with Crippen molar-refractivity contribution in [2.24, 2.45) is 10.2 Å². The molecule has 6 heteroatoms. The summed E-state index contributed by atoms with van der Waals surface area (Å²) in [7, 11) is 0. The van der Waals surface area contributed by atoms with Gasteiger partial charge in [0, 0.05) is 0 Å². The minimum Gasteiger partial charge on any atom is -0.353 e. The summed E-state index contributed by atoms with van der Waals surface area (Å²) in [6, 6.07) is 0. The molecule has 0 aliphatic carbocycles. The molecule has 104 valence electrons. The predicted molar refractivity (Wildman–Crippen MR) is 64.4 cm³/mol. The fourth-order valence-electron chi connectivity index (χ4n) is 2.01. The first-order valence-corrected chi connectivity index (χ1v) is 6.49. The molecule has 2 saturated heterocycles. The van der Waals surface area contributed by atoms with Gasteiger partial charge in [-0.25, -0.2) is 0 Å². The molecule has 0 aromatic heterocycles. The predicted octanol–water partition coefficient (Wildman–Crippen LogP) is 1.74. The largest absolute Gasteiger partial charge is 0.353 e. The van der Waals surface area contributed by atoms with Crippen molar-refractivity contribution in [2.45, 2.75) is 37.8 Å². The number of nitrogens with zero attached hydrogens (tertiary/aromatic N) is 2. The minimum atomic E-state index is -0.349. The Morgan fingerprint density at radius 2 is 1.06 bits per heavy atom. The highest BCUT2D eigenvalue weighted by molar-refractivity contribution is 4.92. The van der Waals surface area contributed by atoms with Crippen molar-refractivity contribution in [3.8, 4) is 0 Å². The zero-order valence-corrected chi connectivity index (χ0v) is 11.2. The van der Waals surface area contributed by atoms with Gasteiger partial charge in [-0.1, -0.05) is 13.8 Å². The Bertz CT molecular complexity index is 256. The standard InChI is InChI=1S/C12H22N2O4/c1-3-11(5-15-9-16-6-11)13-14-12(4-2)7-17-10-18-8-12/h3-10H2,1-2H3. The molecule has 18 heavy (non-hydrogen) atoms. The summed E-state index contributed by atoms with van der Waals surface area (Å²) in [6.07, 6.45) is 1.69. The molecule has 2 rings (SSSR count). The lowest BCUT2D eigenvalue weighted by Crippen LogP contribution is -2.45. The second-order valence-corrected chi connectivity index (χ2v) is 4.99. The summed E-state index contributed by atoms with van der Waals surface area (Å²) in [5.41, 5.74) is -0.699. The van der Waals surface area contributed by atoms with Gasteiger partial charge in [0.05, 0.1) is 26.4 Å². The van der Waals surface area contributed by atoms with Gasteiger partial charge in [0.25, 0.3) is 0 Å². The molecule has 2 fully saturated rings. The minimum absolute atomic E-state index is 0.349. The average molecular weight is 258 g/mol. The number of ether oxygens (including phenoxy) is 4. The van der Waals surface area contributed by atoms with Crippen LogP contribution in [0.1, 0.15) is 26.7 Å². The lowest BCUT2D eigenvalue weighted by Gasteiger charge is -2.35. The van der Waals surface area contributed by atoms with Crippen LogP contribution >= 0.6 is 0 Å². The van der Waals surface area contributed by atoms with Crippen LogP contribution in [-0.4, -0.2) is 51.1 Å². The second kappa shape index (κ2) is 6.06. The normalized spacial score (nSPS) is 27.4. The van der Waals surface area contributed by atoms with E-state index in [0.717, 1.165) is 12.8 Å². The van der Waals surface area contributed by atoms with Crippen LogP contribution in [0, 0.1) is 0 Å². The highest BCUT2D eigenvalue weighted by Crippen LogP contribution is 2.27. The van der Waals surface area contributed by atoms with Crippen LogP contribution in [0.25, 0.3) is 0 Å². The molecular formula is C12H22N2O4. The Hall–Kier alpha value is -0.560. The maximum absolute atomic E-state index is 5.34. The van der Waals surface area contributed by atoms with Crippen molar-refractivity contribution >= 4 is 0 Å². The first-order valence-electron chi connectivity index (χ1n) is 6.49. The molecule has 0 aromatic rings. The molecule has 0 unspecified atom stereocenters. The van der Waals surface area contributed by atoms with Crippen molar-refractivity contribution in [1.29, 1.82) is 0 Å². The van der Waals surface area contributed by atoms with E-state index in [2.05, 4.69) is 24.1 Å². The highest BCUT2D eigenvalue weighted by Gasteiger charge is 2.36. The molecule has 0 amide bonds. The van der Waals surface area contributed by atoms with Gasteiger partial charge >= 0.3 is 0 Å². The van der Waals surface area contributed by atoms with Crippen molar-refractivity contribution < 1.29 is 18.9 Å². The molecule has 0 radical (unpaired) electrons. The van der Waals surface area contributed by atoms with Gasteiger partial charge in [0.1, 0.15) is 24.7 Å². The number of hydrogen-bond donors (Lipinski definition) is 0. The second-order valence-electron chi connectivity index (χ2n) is 4.99. The molecular weight excluding hydrogens is 236 g/mol. The van der Waals surface area contributed by atoms with E-state index in [1.807, 2.05) is 0 Å². The molecule has 0 saturated carbocycles. The summed E-state index contributed by atoms with van der Waals surface area (Å²) in [4.78, 5) is 0. The van der Waals surface area contributed by atoms with E-state index in [1.165, 1.54) is 0 Å². The number of hydrogen-bond acceptors (Lipinski definition) is 6. The zero-order valence-electron chi connectivity index (χ0n) is 11.2. The van der Waals surface area contributed by atoms with E-state index < -0.39 is 0 Å². The molecule has 0 N–H and O–H groups in total. The van der Waals surface area contributed by atoms with Crippen molar-refractivity contribution in [2.75, 3.05) is 40.0 Å². The van der Waals surface area contributed by atoms with E-state index >= 15 is 0 Å². The van der Waals surface area contributed by atoms with Crippen molar-refractivity contribution in [1.82, 2.24) is 0 Å². The highest BCUT2D eigenvalue weighted by atomic mass is 16.7. The third-order valence-corrected chi connectivity index (χ3v) is 3.61. The summed E-state index contributed by atoms with van der Waals surface area (Å²) in [5.74, 6) is 0. The maximum Gasteiger partial charge on any atom is 0.146 e. The first kappa shape index (κ1) is 13.9. The summed E-state index contributed by atoms with van der Waals surface area (Å²) in [6.45, 7) is 7.10. The Labute approximate surface area is 108 Å². The van der Waals surface area contributed by atoms with E-state index in [4.69, 9.17) is 18.9 Å². The maximum atomic E-state index is 5.34. The Morgan fingerprint density at radius 3 is 1.33 bits per heavy atom. The monoisotopic (exact) mass is 258 g/mol. The van der Waals surface area contributed by atoms with Crippen LogP contribution in [0.4, 0.5) is 0 Å². The van der Waals surface area contributed by atoms with E-state index in [0.29, 0.717) is 40.0 Å². The summed E-state index contributed by atoms with van der Waals surface area (Å²) in [5, 5.41) is 9.03. The third kappa shape index (κ3) is 3.06. The smallest absolute Gasteiger partial charge is 0.146 e. The van der Waals surface area contributed by atoms with Crippen LogP contribution in [0.5, 0.6) is 0 Å². The van der Waals surface area contributed by atoms with Gasteiger partial charge in [-0.05, 0) is 12.8 Å². The fourth-order valence-corrected chi connectivity index (χ4v) is 2.01. The molecule has 0 aromatic carbocycles. The van der Waals surface area contributed by atoms with Crippen LogP contribution < -0.4 is 0 Å². The zero-order chi connectivity index (χ0) is 12.9. The topological polar surface area (TPSA) is 61.6 Å². The van der Waals surface area contributed by atoms with Crippen LogP contribution in [0.2, 0.25) is 0 Å². The SMILES string of the molecule is CCC1(N=NC2(CC)COCOC2)COCOC1. The average Bonchev–Trinajstić information content (AvgIpc) is 2.47. The Morgan fingerprint density at radius 1 is 0.722 bits per heavy atom. The summed E-state index contributed by atoms with van der Waals surface area (Å²) < 4.78 is 21.4. The van der Waals surface area contributed by atoms with Gasteiger partial charge in [-0.15, -0.1) is 0 Å². The number of rotatable bonds is 4. The molecule has 6 nitrogen and oxygen atoms in total. The van der Waals surface area contributed by atoms with E-state index in [1.54, 1.807) is 0 Å². The molecule has 2 heterocycles.